The maximum Gasteiger partial charge on any atom is 0.243 e. The Balaban J connectivity index is 1.88. The molecule has 5 heteroatoms. The van der Waals surface area contributed by atoms with E-state index in [0.29, 0.717) is 0 Å². The van der Waals surface area contributed by atoms with E-state index in [4.69, 9.17) is 0 Å². The Morgan fingerprint density at radius 1 is 1.04 bits per heavy atom. The zero-order valence-electron chi connectivity index (χ0n) is 14.4. The van der Waals surface area contributed by atoms with Gasteiger partial charge in [-0.3, -0.25) is 4.79 Å². The number of hydrogen-bond donors (Lipinski definition) is 2. The standard InChI is InChI=1S/C19H24BrN3O/c1-4-23(5-2)17-9-6-15(7-10-17)22-19(24)13-21-16-8-11-18(20)14(3)12-16/h6-12,21H,4-5,13H2,1-3H3,(H,22,24). The molecule has 2 aromatic rings. The van der Waals surface area contributed by atoms with Gasteiger partial charge in [-0.25, -0.2) is 0 Å². The van der Waals surface area contributed by atoms with Crippen LogP contribution in [0.25, 0.3) is 0 Å². The van der Waals surface area contributed by atoms with Crippen molar-refractivity contribution in [3.05, 3.63) is 52.5 Å². The van der Waals surface area contributed by atoms with Crippen LogP contribution in [0.15, 0.2) is 46.9 Å². The Hall–Kier alpha value is -2.01. The molecule has 0 aliphatic carbocycles. The molecule has 2 rings (SSSR count). The van der Waals surface area contributed by atoms with Crippen LogP contribution in [-0.4, -0.2) is 25.5 Å². The number of nitrogens with one attached hydrogen (secondary N) is 2. The molecule has 4 nitrogen and oxygen atoms in total. The van der Waals surface area contributed by atoms with Crippen molar-refractivity contribution in [1.82, 2.24) is 0 Å². The van der Waals surface area contributed by atoms with Crippen LogP contribution in [-0.2, 0) is 4.79 Å². The molecule has 0 aliphatic heterocycles. The van der Waals surface area contributed by atoms with Gasteiger partial charge in [0.2, 0.25) is 5.91 Å². The van der Waals surface area contributed by atoms with Crippen LogP contribution in [0.4, 0.5) is 17.1 Å². The minimum absolute atomic E-state index is 0.0637. The van der Waals surface area contributed by atoms with E-state index in [-0.39, 0.29) is 12.5 Å². The fourth-order valence-electron chi connectivity index (χ4n) is 2.49. The normalized spacial score (nSPS) is 10.3. The number of rotatable bonds is 7. The van der Waals surface area contributed by atoms with Gasteiger partial charge in [0.25, 0.3) is 0 Å². The van der Waals surface area contributed by atoms with Crippen molar-refractivity contribution in [2.24, 2.45) is 0 Å². The number of hydrogen-bond acceptors (Lipinski definition) is 3. The maximum atomic E-state index is 12.1. The zero-order valence-corrected chi connectivity index (χ0v) is 16.0. The molecule has 24 heavy (non-hydrogen) atoms. The second-order valence-electron chi connectivity index (χ2n) is 5.58. The molecule has 0 saturated carbocycles. The van der Waals surface area contributed by atoms with Gasteiger partial charge in [0.05, 0.1) is 6.54 Å². The molecule has 0 unspecified atom stereocenters. The summed E-state index contributed by atoms with van der Waals surface area (Å²) in [6, 6.07) is 13.9. The lowest BCUT2D eigenvalue weighted by molar-refractivity contribution is -0.114. The summed E-state index contributed by atoms with van der Waals surface area (Å²) in [6.45, 7) is 8.46. The molecule has 128 valence electrons. The Bertz CT molecular complexity index is 682. The van der Waals surface area contributed by atoms with Gasteiger partial charge >= 0.3 is 0 Å². The summed E-state index contributed by atoms with van der Waals surface area (Å²) in [5.74, 6) is -0.0637. The van der Waals surface area contributed by atoms with Crippen molar-refractivity contribution >= 4 is 38.9 Å². The van der Waals surface area contributed by atoms with Crippen molar-refractivity contribution in [3.8, 4) is 0 Å². The zero-order chi connectivity index (χ0) is 17.5. The molecule has 0 heterocycles. The fourth-order valence-corrected chi connectivity index (χ4v) is 2.73. The lowest BCUT2D eigenvalue weighted by atomic mass is 10.2. The molecule has 0 bridgehead atoms. The molecule has 2 N–H and O–H groups in total. The first kappa shape index (κ1) is 18.3. The number of carbonyl (C=O) groups excluding carboxylic acids is 1. The summed E-state index contributed by atoms with van der Waals surface area (Å²) in [7, 11) is 0. The average Bonchev–Trinajstić information content (AvgIpc) is 2.58. The third-order valence-corrected chi connectivity index (χ3v) is 4.78. The topological polar surface area (TPSA) is 44.4 Å². The van der Waals surface area contributed by atoms with E-state index in [0.717, 1.165) is 34.5 Å². The van der Waals surface area contributed by atoms with Crippen molar-refractivity contribution in [3.63, 3.8) is 0 Å². The number of nitrogens with zero attached hydrogens (tertiary/aromatic N) is 1. The fraction of sp³-hybridized carbons (Fsp3) is 0.316. The minimum atomic E-state index is -0.0637. The second kappa shape index (κ2) is 8.73. The van der Waals surface area contributed by atoms with E-state index in [9.17, 15) is 4.79 Å². The summed E-state index contributed by atoms with van der Waals surface area (Å²) >= 11 is 3.47. The SMILES string of the molecule is CCN(CC)c1ccc(NC(=O)CNc2ccc(Br)c(C)c2)cc1. The number of benzene rings is 2. The monoisotopic (exact) mass is 389 g/mol. The first-order valence-corrected chi connectivity index (χ1v) is 8.97. The summed E-state index contributed by atoms with van der Waals surface area (Å²) in [4.78, 5) is 14.3. The predicted octanol–water partition coefficient (Wildman–Crippen LogP) is 4.65. The van der Waals surface area contributed by atoms with Gasteiger partial charge in [0.15, 0.2) is 0 Å². The molecule has 2 aromatic carbocycles. The van der Waals surface area contributed by atoms with Gasteiger partial charge in [-0.2, -0.15) is 0 Å². The van der Waals surface area contributed by atoms with E-state index >= 15 is 0 Å². The Labute approximate surface area is 152 Å². The maximum absolute atomic E-state index is 12.1. The molecule has 0 fully saturated rings. The summed E-state index contributed by atoms with van der Waals surface area (Å²) in [6.07, 6.45) is 0. The molecule has 1 amide bonds. The average molecular weight is 390 g/mol. The molecular weight excluding hydrogens is 366 g/mol. The Morgan fingerprint density at radius 2 is 1.67 bits per heavy atom. The number of anilines is 3. The number of aryl methyl sites for hydroxylation is 1. The number of halogens is 1. The molecule has 0 atom stereocenters. The van der Waals surface area contributed by atoms with Gasteiger partial charge in [-0.05, 0) is 68.8 Å². The minimum Gasteiger partial charge on any atom is -0.376 e. The van der Waals surface area contributed by atoms with Crippen molar-refractivity contribution in [2.45, 2.75) is 20.8 Å². The van der Waals surface area contributed by atoms with E-state index in [1.54, 1.807) is 0 Å². The third-order valence-electron chi connectivity index (χ3n) is 3.89. The lowest BCUT2D eigenvalue weighted by Crippen LogP contribution is -2.23. The molecule has 0 saturated heterocycles. The van der Waals surface area contributed by atoms with Gasteiger partial charge < -0.3 is 15.5 Å². The molecule has 0 aliphatic rings. The van der Waals surface area contributed by atoms with E-state index in [1.807, 2.05) is 49.4 Å². The number of amides is 1. The molecule has 0 radical (unpaired) electrons. The van der Waals surface area contributed by atoms with Crippen LogP contribution in [0.1, 0.15) is 19.4 Å². The van der Waals surface area contributed by atoms with Crippen molar-refractivity contribution < 1.29 is 4.79 Å². The first-order valence-electron chi connectivity index (χ1n) is 8.18. The quantitative estimate of drug-likeness (QED) is 0.723. The largest absolute Gasteiger partial charge is 0.376 e. The van der Waals surface area contributed by atoms with E-state index in [2.05, 4.69) is 45.3 Å². The Morgan fingerprint density at radius 3 is 2.25 bits per heavy atom. The predicted molar refractivity (Wildman–Crippen MR) is 106 cm³/mol. The van der Waals surface area contributed by atoms with Crippen molar-refractivity contribution in [1.29, 1.82) is 0 Å². The highest BCUT2D eigenvalue weighted by Gasteiger charge is 2.05. The van der Waals surface area contributed by atoms with Gasteiger partial charge in [0, 0.05) is 34.6 Å². The first-order chi connectivity index (χ1) is 11.5. The highest BCUT2D eigenvalue weighted by atomic mass is 79.9. The van der Waals surface area contributed by atoms with Crippen LogP contribution >= 0.6 is 15.9 Å². The molecular formula is C19H24BrN3O. The molecule has 0 spiro atoms. The van der Waals surface area contributed by atoms with Crippen molar-refractivity contribution in [2.75, 3.05) is 35.2 Å². The van der Waals surface area contributed by atoms with E-state index in [1.165, 1.54) is 5.69 Å². The van der Waals surface area contributed by atoms with Gasteiger partial charge in [-0.1, -0.05) is 15.9 Å². The van der Waals surface area contributed by atoms with E-state index < -0.39 is 0 Å². The van der Waals surface area contributed by atoms with Gasteiger partial charge in [0.1, 0.15) is 0 Å². The summed E-state index contributed by atoms with van der Waals surface area (Å²) in [5, 5.41) is 6.05. The summed E-state index contributed by atoms with van der Waals surface area (Å²) in [5.41, 5.74) is 4.04. The smallest absolute Gasteiger partial charge is 0.243 e. The van der Waals surface area contributed by atoms with Crippen LogP contribution in [0.3, 0.4) is 0 Å². The lowest BCUT2D eigenvalue weighted by Gasteiger charge is -2.21. The second-order valence-corrected chi connectivity index (χ2v) is 6.44. The Kier molecular flexibility index (Phi) is 6.67. The highest BCUT2D eigenvalue weighted by molar-refractivity contribution is 9.10. The molecule has 0 aromatic heterocycles. The summed E-state index contributed by atoms with van der Waals surface area (Å²) < 4.78 is 1.06. The van der Waals surface area contributed by atoms with Crippen LogP contribution in [0.2, 0.25) is 0 Å². The van der Waals surface area contributed by atoms with Gasteiger partial charge in [-0.15, -0.1) is 0 Å². The third kappa shape index (κ3) is 4.99. The highest BCUT2D eigenvalue weighted by Crippen LogP contribution is 2.20. The van der Waals surface area contributed by atoms with Crippen LogP contribution in [0.5, 0.6) is 0 Å². The number of carbonyl (C=O) groups is 1. The van der Waals surface area contributed by atoms with Crippen LogP contribution in [0, 0.1) is 6.92 Å². The van der Waals surface area contributed by atoms with Crippen LogP contribution < -0.4 is 15.5 Å².